The molecule has 4 atom stereocenters. The number of rotatable bonds is 3. The van der Waals surface area contributed by atoms with Gasteiger partial charge in [-0.2, -0.15) is 0 Å². The molecule has 1 saturated carbocycles. The number of carbonyl (C=O) groups excluding carboxylic acids is 1. The van der Waals surface area contributed by atoms with Gasteiger partial charge in [0.25, 0.3) is 0 Å². The number of amides is 1. The van der Waals surface area contributed by atoms with Gasteiger partial charge in [0.15, 0.2) is 0 Å². The molecule has 1 aromatic carbocycles. The number of hydrogen-bond acceptors (Lipinski definition) is 2. The van der Waals surface area contributed by atoms with E-state index in [0.717, 1.165) is 25.9 Å². The van der Waals surface area contributed by atoms with Gasteiger partial charge in [0.2, 0.25) is 5.91 Å². The van der Waals surface area contributed by atoms with E-state index in [1.165, 1.54) is 6.07 Å². The molecule has 1 heterocycles. The predicted molar refractivity (Wildman–Crippen MR) is 87.4 cm³/mol. The van der Waals surface area contributed by atoms with Crippen LogP contribution in [0.1, 0.15) is 37.7 Å². The number of fused-ring (bicyclic) bond motifs is 1. The van der Waals surface area contributed by atoms with E-state index in [1.807, 2.05) is 17.9 Å². The first-order valence-corrected chi connectivity index (χ1v) is 7.84. The van der Waals surface area contributed by atoms with Crippen molar-refractivity contribution in [3.63, 3.8) is 0 Å². The van der Waals surface area contributed by atoms with Crippen LogP contribution in [0.4, 0.5) is 4.39 Å². The van der Waals surface area contributed by atoms with Gasteiger partial charge < -0.3 is 10.6 Å². The summed E-state index contributed by atoms with van der Waals surface area (Å²) in [6.07, 6.45) is 2.59. The number of likely N-dealkylation sites (tertiary alicyclic amines) is 1. The summed E-state index contributed by atoms with van der Waals surface area (Å²) < 4.78 is 13.8. The van der Waals surface area contributed by atoms with Crippen molar-refractivity contribution in [2.45, 2.75) is 38.1 Å². The fourth-order valence-corrected chi connectivity index (χ4v) is 3.89. The summed E-state index contributed by atoms with van der Waals surface area (Å²) in [5.41, 5.74) is 6.73. The Morgan fingerprint density at radius 3 is 2.77 bits per heavy atom. The lowest BCUT2D eigenvalue weighted by molar-refractivity contribution is -0.130. The molecule has 0 aromatic heterocycles. The highest BCUT2D eigenvalue weighted by molar-refractivity contribution is 5.85. The topological polar surface area (TPSA) is 46.3 Å². The molecule has 122 valence electrons. The highest BCUT2D eigenvalue weighted by Gasteiger charge is 2.42. The zero-order chi connectivity index (χ0) is 15.0. The Morgan fingerprint density at radius 2 is 2.09 bits per heavy atom. The number of nitrogens with zero attached hydrogens (tertiary/aromatic N) is 1. The molecule has 1 aromatic rings. The quantitative estimate of drug-likeness (QED) is 0.928. The van der Waals surface area contributed by atoms with Crippen molar-refractivity contribution in [3.05, 3.63) is 35.6 Å². The second-order valence-corrected chi connectivity index (χ2v) is 6.59. The normalized spacial score (nSPS) is 28.1. The molecule has 2 fully saturated rings. The van der Waals surface area contributed by atoms with Gasteiger partial charge >= 0.3 is 0 Å². The second-order valence-electron chi connectivity index (χ2n) is 6.59. The number of halogens is 2. The molecule has 1 amide bonds. The molecule has 5 heteroatoms. The summed E-state index contributed by atoms with van der Waals surface area (Å²) >= 11 is 0. The number of nitrogens with two attached hydrogens (primary N) is 1. The highest BCUT2D eigenvalue weighted by Crippen LogP contribution is 2.37. The van der Waals surface area contributed by atoms with E-state index >= 15 is 0 Å². The summed E-state index contributed by atoms with van der Waals surface area (Å²) in [7, 11) is 0. The van der Waals surface area contributed by atoms with E-state index in [2.05, 4.69) is 0 Å². The van der Waals surface area contributed by atoms with Gasteiger partial charge in [-0.3, -0.25) is 4.79 Å². The summed E-state index contributed by atoms with van der Waals surface area (Å²) in [6.45, 7) is 3.54. The predicted octanol–water partition coefficient (Wildman–Crippen LogP) is 2.94. The minimum Gasteiger partial charge on any atom is -0.342 e. The van der Waals surface area contributed by atoms with Crippen LogP contribution in [0.25, 0.3) is 0 Å². The molecule has 0 spiro atoms. The van der Waals surface area contributed by atoms with Crippen LogP contribution >= 0.6 is 12.4 Å². The van der Waals surface area contributed by atoms with Crippen LogP contribution in [0.15, 0.2) is 24.3 Å². The lowest BCUT2D eigenvalue weighted by Crippen LogP contribution is -2.34. The van der Waals surface area contributed by atoms with E-state index in [-0.39, 0.29) is 36.1 Å². The van der Waals surface area contributed by atoms with Crippen LogP contribution in [0.5, 0.6) is 0 Å². The van der Waals surface area contributed by atoms with Gasteiger partial charge in [-0.05, 0) is 42.2 Å². The van der Waals surface area contributed by atoms with Gasteiger partial charge in [-0.1, -0.05) is 25.1 Å². The molecule has 22 heavy (non-hydrogen) atoms. The van der Waals surface area contributed by atoms with Gasteiger partial charge in [0.1, 0.15) is 5.82 Å². The standard InChI is InChI=1S/C17H23FN2O.ClH/c1-11(13-4-2-3-5-15(13)18)8-17(21)20-9-12-6-7-16(19)14(12)10-20;/h2-5,11-12,14,16H,6-10,19H2,1H3;1H. The molecule has 0 bridgehead atoms. The summed E-state index contributed by atoms with van der Waals surface area (Å²) in [4.78, 5) is 14.4. The molecule has 0 radical (unpaired) electrons. The average molecular weight is 327 g/mol. The number of hydrogen-bond donors (Lipinski definition) is 1. The van der Waals surface area contributed by atoms with Crippen molar-refractivity contribution < 1.29 is 9.18 Å². The van der Waals surface area contributed by atoms with Gasteiger partial charge in [-0.25, -0.2) is 4.39 Å². The van der Waals surface area contributed by atoms with Crippen molar-refractivity contribution in [1.82, 2.24) is 4.90 Å². The van der Waals surface area contributed by atoms with Gasteiger partial charge in [0.05, 0.1) is 0 Å². The fraction of sp³-hybridized carbons (Fsp3) is 0.588. The number of carbonyl (C=O) groups is 1. The smallest absolute Gasteiger partial charge is 0.223 e. The van der Waals surface area contributed by atoms with E-state index < -0.39 is 0 Å². The van der Waals surface area contributed by atoms with Crippen molar-refractivity contribution >= 4 is 18.3 Å². The number of benzene rings is 1. The summed E-state index contributed by atoms with van der Waals surface area (Å²) in [5.74, 6) is 0.865. The Balaban J connectivity index is 0.00000176. The Bertz CT molecular complexity index is 539. The third-order valence-electron chi connectivity index (χ3n) is 5.18. The first-order chi connectivity index (χ1) is 10.1. The second kappa shape index (κ2) is 6.97. The first kappa shape index (κ1) is 17.2. The third kappa shape index (κ3) is 3.28. The average Bonchev–Trinajstić information content (AvgIpc) is 3.02. The molecule has 1 saturated heterocycles. The maximum atomic E-state index is 13.8. The van der Waals surface area contributed by atoms with Gasteiger partial charge in [0, 0.05) is 25.6 Å². The molecular formula is C17H24ClFN2O. The SMILES string of the molecule is CC(CC(=O)N1CC2CCC(N)C2C1)c1ccccc1F.Cl. The van der Waals surface area contributed by atoms with E-state index in [0.29, 0.717) is 23.8 Å². The van der Waals surface area contributed by atoms with Crippen LogP contribution in [0, 0.1) is 17.7 Å². The van der Waals surface area contributed by atoms with Gasteiger partial charge in [-0.15, -0.1) is 12.4 Å². The van der Waals surface area contributed by atoms with Crippen molar-refractivity contribution in [2.75, 3.05) is 13.1 Å². The Morgan fingerprint density at radius 1 is 1.36 bits per heavy atom. The zero-order valence-electron chi connectivity index (χ0n) is 12.9. The lowest BCUT2D eigenvalue weighted by Gasteiger charge is -2.21. The van der Waals surface area contributed by atoms with E-state index in [9.17, 15) is 9.18 Å². The largest absolute Gasteiger partial charge is 0.342 e. The molecule has 3 rings (SSSR count). The fourth-order valence-electron chi connectivity index (χ4n) is 3.89. The van der Waals surface area contributed by atoms with E-state index in [4.69, 9.17) is 5.73 Å². The lowest BCUT2D eigenvalue weighted by atomic mass is 9.96. The van der Waals surface area contributed by atoms with Crippen LogP contribution in [0.2, 0.25) is 0 Å². The van der Waals surface area contributed by atoms with E-state index in [1.54, 1.807) is 12.1 Å². The molecule has 3 nitrogen and oxygen atoms in total. The van der Waals surface area contributed by atoms with Crippen LogP contribution in [0.3, 0.4) is 0 Å². The summed E-state index contributed by atoms with van der Waals surface area (Å²) in [6, 6.07) is 6.96. The zero-order valence-corrected chi connectivity index (χ0v) is 13.7. The maximum absolute atomic E-state index is 13.8. The molecule has 2 aliphatic rings. The first-order valence-electron chi connectivity index (χ1n) is 7.84. The Labute approximate surface area is 137 Å². The van der Waals surface area contributed by atoms with Crippen molar-refractivity contribution in [1.29, 1.82) is 0 Å². The van der Waals surface area contributed by atoms with Crippen LogP contribution in [-0.2, 0) is 4.79 Å². The Kier molecular flexibility index (Phi) is 5.45. The third-order valence-corrected chi connectivity index (χ3v) is 5.18. The van der Waals surface area contributed by atoms with Crippen molar-refractivity contribution in [2.24, 2.45) is 17.6 Å². The Hall–Kier alpha value is -1.13. The molecular weight excluding hydrogens is 303 g/mol. The summed E-state index contributed by atoms with van der Waals surface area (Å²) in [5, 5.41) is 0. The van der Waals surface area contributed by atoms with Crippen molar-refractivity contribution in [3.8, 4) is 0 Å². The highest BCUT2D eigenvalue weighted by atomic mass is 35.5. The minimum atomic E-state index is -0.224. The van der Waals surface area contributed by atoms with Crippen LogP contribution in [-0.4, -0.2) is 29.9 Å². The molecule has 4 unspecified atom stereocenters. The minimum absolute atomic E-state index is 0. The monoisotopic (exact) mass is 326 g/mol. The maximum Gasteiger partial charge on any atom is 0.223 e. The molecule has 1 aliphatic carbocycles. The molecule has 2 N–H and O–H groups in total. The molecule has 1 aliphatic heterocycles. The van der Waals surface area contributed by atoms with Crippen LogP contribution < -0.4 is 5.73 Å².